The van der Waals surface area contributed by atoms with E-state index in [4.69, 9.17) is 9.84 Å². The second kappa shape index (κ2) is 8.57. The molecule has 21 heavy (non-hydrogen) atoms. The Morgan fingerprint density at radius 1 is 1.33 bits per heavy atom. The summed E-state index contributed by atoms with van der Waals surface area (Å²) in [7, 11) is 0. The normalized spacial score (nSPS) is 11.1. The lowest BCUT2D eigenvalue weighted by molar-refractivity contribution is -0.134. The van der Waals surface area contributed by atoms with E-state index < -0.39 is 11.9 Å². The molecular formula is C14H15I2NO4. The van der Waals surface area contributed by atoms with Crippen molar-refractivity contribution < 1.29 is 19.4 Å². The number of benzene rings is 1. The van der Waals surface area contributed by atoms with Crippen LogP contribution in [-0.2, 0) is 9.59 Å². The van der Waals surface area contributed by atoms with Gasteiger partial charge in [-0.05, 0) is 75.4 Å². The van der Waals surface area contributed by atoms with Gasteiger partial charge in [0.15, 0.2) is 0 Å². The summed E-state index contributed by atoms with van der Waals surface area (Å²) in [6.07, 6.45) is 2.34. The minimum absolute atomic E-state index is 0.156. The lowest BCUT2D eigenvalue weighted by Gasteiger charge is -2.11. The first-order valence-corrected chi connectivity index (χ1v) is 8.35. The molecule has 2 N–H and O–H groups in total. The van der Waals surface area contributed by atoms with Crippen LogP contribution in [0.3, 0.4) is 0 Å². The Labute approximate surface area is 150 Å². The molecule has 1 aromatic carbocycles. The average Bonchev–Trinajstić information content (AvgIpc) is 2.36. The molecule has 0 bridgehead atoms. The highest BCUT2D eigenvalue weighted by atomic mass is 127. The zero-order valence-corrected chi connectivity index (χ0v) is 15.9. The average molecular weight is 515 g/mol. The fraction of sp³-hybridized carbons (Fsp3) is 0.286. The van der Waals surface area contributed by atoms with E-state index in [1.807, 2.05) is 19.1 Å². The molecule has 0 fully saturated rings. The minimum atomic E-state index is -1.18. The molecule has 114 valence electrons. The van der Waals surface area contributed by atoms with E-state index in [2.05, 4.69) is 50.5 Å². The predicted molar refractivity (Wildman–Crippen MR) is 97.1 cm³/mol. The van der Waals surface area contributed by atoms with Crippen LogP contribution in [0, 0.1) is 7.14 Å². The summed E-state index contributed by atoms with van der Waals surface area (Å²) in [4.78, 5) is 22.1. The van der Waals surface area contributed by atoms with Gasteiger partial charge in [-0.3, -0.25) is 4.79 Å². The topological polar surface area (TPSA) is 75.6 Å². The first-order valence-electron chi connectivity index (χ1n) is 6.19. The summed E-state index contributed by atoms with van der Waals surface area (Å²) in [5, 5.41) is 11.4. The third-order valence-electron chi connectivity index (χ3n) is 2.32. The van der Waals surface area contributed by atoms with E-state index in [1.54, 1.807) is 0 Å². The molecule has 0 unspecified atom stereocenters. The van der Waals surface area contributed by atoms with Gasteiger partial charge in [-0.1, -0.05) is 6.92 Å². The van der Waals surface area contributed by atoms with Gasteiger partial charge in [0.2, 0.25) is 5.91 Å². The number of nitrogens with one attached hydrogen (secondary N) is 1. The van der Waals surface area contributed by atoms with Crippen LogP contribution >= 0.6 is 45.2 Å². The van der Waals surface area contributed by atoms with Gasteiger partial charge >= 0.3 is 5.97 Å². The molecule has 0 radical (unpaired) electrons. The number of amides is 1. The summed E-state index contributed by atoms with van der Waals surface area (Å²) in [5.41, 5.74) is 0.537. The van der Waals surface area contributed by atoms with Gasteiger partial charge < -0.3 is 15.2 Å². The molecule has 0 saturated carbocycles. The second-order valence-electron chi connectivity index (χ2n) is 4.21. The number of carbonyl (C=O) groups is 2. The Bertz CT molecular complexity index is 561. The molecule has 0 spiro atoms. The highest BCUT2D eigenvalue weighted by Crippen LogP contribution is 2.29. The van der Waals surface area contributed by atoms with E-state index in [-0.39, 0.29) is 5.70 Å². The number of carboxylic acid groups (broad SMARTS) is 1. The Kier molecular flexibility index (Phi) is 7.43. The van der Waals surface area contributed by atoms with Gasteiger partial charge in [0.05, 0.1) is 13.7 Å². The molecule has 0 aromatic heterocycles. The van der Waals surface area contributed by atoms with Crippen molar-refractivity contribution in [3.05, 3.63) is 30.5 Å². The number of hydrogen-bond donors (Lipinski definition) is 2. The van der Waals surface area contributed by atoms with Crippen molar-refractivity contribution in [1.82, 2.24) is 5.32 Å². The van der Waals surface area contributed by atoms with Crippen molar-refractivity contribution in [3.8, 4) is 5.75 Å². The molecule has 0 aliphatic carbocycles. The molecule has 0 heterocycles. The van der Waals surface area contributed by atoms with Crippen LogP contribution in [0.2, 0.25) is 0 Å². The van der Waals surface area contributed by atoms with Gasteiger partial charge in [-0.25, -0.2) is 4.79 Å². The van der Waals surface area contributed by atoms with Crippen LogP contribution in [0.25, 0.3) is 6.08 Å². The van der Waals surface area contributed by atoms with Crippen LogP contribution in [0.5, 0.6) is 5.75 Å². The highest BCUT2D eigenvalue weighted by molar-refractivity contribution is 14.1. The van der Waals surface area contributed by atoms with Gasteiger partial charge in [0, 0.05) is 6.92 Å². The van der Waals surface area contributed by atoms with Crippen molar-refractivity contribution in [2.75, 3.05) is 6.61 Å². The second-order valence-corrected chi connectivity index (χ2v) is 6.53. The third kappa shape index (κ3) is 5.81. The maximum absolute atomic E-state index is 11.1. The van der Waals surface area contributed by atoms with Gasteiger partial charge in [-0.2, -0.15) is 0 Å². The summed E-state index contributed by atoms with van der Waals surface area (Å²) in [5.74, 6) is -0.802. The van der Waals surface area contributed by atoms with Crippen LogP contribution < -0.4 is 10.1 Å². The van der Waals surface area contributed by atoms with E-state index in [9.17, 15) is 9.59 Å². The lowest BCUT2D eigenvalue weighted by Crippen LogP contribution is -2.24. The monoisotopic (exact) mass is 515 g/mol. The molecule has 0 atom stereocenters. The maximum Gasteiger partial charge on any atom is 0.352 e. The van der Waals surface area contributed by atoms with Gasteiger partial charge in [0.25, 0.3) is 0 Å². The molecule has 1 rings (SSSR count). The van der Waals surface area contributed by atoms with E-state index >= 15 is 0 Å². The first-order chi connectivity index (χ1) is 9.85. The molecule has 7 heteroatoms. The van der Waals surface area contributed by atoms with Crippen molar-refractivity contribution >= 4 is 63.1 Å². The number of carbonyl (C=O) groups excluding carboxylic acids is 1. The number of rotatable bonds is 6. The van der Waals surface area contributed by atoms with E-state index in [0.717, 1.165) is 19.3 Å². The molecule has 5 nitrogen and oxygen atoms in total. The number of aliphatic carboxylic acids is 1. The van der Waals surface area contributed by atoms with Crippen molar-refractivity contribution in [2.24, 2.45) is 0 Å². The first kappa shape index (κ1) is 18.2. The van der Waals surface area contributed by atoms with Crippen LogP contribution in [-0.4, -0.2) is 23.6 Å². The molecule has 1 aromatic rings. The Hall–Kier alpha value is -0.840. The SMILES string of the molecule is CCCOc1c(I)cc(/C=C(/NC(C)=O)C(=O)O)cc1I. The molecule has 1 amide bonds. The molecule has 0 aliphatic heterocycles. The molecule has 0 aliphatic rings. The Morgan fingerprint density at radius 3 is 2.33 bits per heavy atom. The Morgan fingerprint density at radius 2 is 1.90 bits per heavy atom. The maximum atomic E-state index is 11.1. The number of ether oxygens (including phenoxy) is 1. The van der Waals surface area contributed by atoms with Gasteiger partial charge in [0.1, 0.15) is 11.4 Å². The van der Waals surface area contributed by atoms with Crippen LogP contribution in [0.4, 0.5) is 0 Å². The molecular weight excluding hydrogens is 500 g/mol. The summed E-state index contributed by atoms with van der Waals surface area (Å²) >= 11 is 4.29. The predicted octanol–water partition coefficient (Wildman–Crippen LogP) is 3.25. The van der Waals surface area contributed by atoms with Crippen molar-refractivity contribution in [2.45, 2.75) is 20.3 Å². The summed E-state index contributed by atoms with van der Waals surface area (Å²) in [6.45, 7) is 3.93. The highest BCUT2D eigenvalue weighted by Gasteiger charge is 2.12. The van der Waals surface area contributed by atoms with E-state index in [0.29, 0.717) is 12.2 Å². The van der Waals surface area contributed by atoms with Crippen molar-refractivity contribution in [1.29, 1.82) is 0 Å². The smallest absolute Gasteiger partial charge is 0.352 e. The number of halogens is 2. The van der Waals surface area contributed by atoms with Gasteiger partial charge in [-0.15, -0.1) is 0 Å². The summed E-state index contributed by atoms with van der Waals surface area (Å²) < 4.78 is 7.46. The standard InChI is InChI=1S/C14H15I2NO4/c1-3-4-21-13-10(15)5-9(6-11(13)16)7-12(14(19)20)17-8(2)18/h5-7H,3-4H2,1-2H3,(H,17,18)(H,19,20)/b12-7+. The lowest BCUT2D eigenvalue weighted by atomic mass is 10.2. The fourth-order valence-electron chi connectivity index (χ4n) is 1.51. The third-order valence-corrected chi connectivity index (χ3v) is 3.93. The zero-order chi connectivity index (χ0) is 16.0. The Balaban J connectivity index is 3.13. The largest absolute Gasteiger partial charge is 0.491 e. The zero-order valence-electron chi connectivity index (χ0n) is 11.6. The molecule has 0 saturated heterocycles. The number of hydrogen-bond acceptors (Lipinski definition) is 3. The minimum Gasteiger partial charge on any atom is -0.491 e. The summed E-state index contributed by atoms with van der Waals surface area (Å²) in [6, 6.07) is 3.64. The van der Waals surface area contributed by atoms with Crippen LogP contribution in [0.15, 0.2) is 17.8 Å². The quantitative estimate of drug-likeness (QED) is 0.451. The van der Waals surface area contributed by atoms with E-state index in [1.165, 1.54) is 13.0 Å². The van der Waals surface area contributed by atoms with Crippen LogP contribution in [0.1, 0.15) is 25.8 Å². The van der Waals surface area contributed by atoms with Crippen molar-refractivity contribution in [3.63, 3.8) is 0 Å². The fourth-order valence-corrected chi connectivity index (χ4v) is 3.64. The number of carboxylic acids is 1.